The van der Waals surface area contributed by atoms with Crippen LogP contribution in [-0.2, 0) is 27.2 Å². The molecule has 2 atom stereocenters. The van der Waals surface area contributed by atoms with Crippen molar-refractivity contribution in [1.82, 2.24) is 0 Å². The van der Waals surface area contributed by atoms with E-state index in [4.69, 9.17) is 14.2 Å². The van der Waals surface area contributed by atoms with Crippen LogP contribution in [0.25, 0.3) is 0 Å². The first-order chi connectivity index (χ1) is 18.9. The molecule has 5 heteroatoms. The molecule has 39 heavy (non-hydrogen) atoms. The van der Waals surface area contributed by atoms with Crippen molar-refractivity contribution < 1.29 is 19.0 Å². The Kier molecular flexibility index (Phi) is 8.56. The van der Waals surface area contributed by atoms with E-state index >= 15 is 0 Å². The smallest absolute Gasteiger partial charge is 0.309 e. The second-order valence-corrected chi connectivity index (χ2v) is 11.5. The Morgan fingerprint density at radius 3 is 2.44 bits per heavy atom. The maximum absolute atomic E-state index is 13.3. The number of esters is 1. The molecule has 1 aliphatic carbocycles. The number of nitrogens with one attached hydrogen (secondary N) is 1. The van der Waals surface area contributed by atoms with Crippen LogP contribution in [0.3, 0.4) is 0 Å². The minimum absolute atomic E-state index is 0.0385. The number of carbonyl (C=O) groups excluding carboxylic acids is 1. The zero-order valence-electron chi connectivity index (χ0n) is 23.5. The van der Waals surface area contributed by atoms with Gasteiger partial charge in [0.1, 0.15) is 17.5 Å². The van der Waals surface area contributed by atoms with Gasteiger partial charge in [0.2, 0.25) is 0 Å². The predicted octanol–water partition coefficient (Wildman–Crippen LogP) is 7.57. The molecule has 1 N–H and O–H groups in total. The molecule has 0 amide bonds. The third-order valence-electron chi connectivity index (χ3n) is 7.98. The van der Waals surface area contributed by atoms with Gasteiger partial charge in [0.25, 0.3) is 0 Å². The van der Waals surface area contributed by atoms with Gasteiger partial charge < -0.3 is 19.5 Å². The van der Waals surface area contributed by atoms with Gasteiger partial charge >= 0.3 is 5.97 Å². The van der Waals surface area contributed by atoms with Crippen LogP contribution in [0.2, 0.25) is 0 Å². The Labute approximate surface area is 232 Å². The maximum atomic E-state index is 13.3. The highest BCUT2D eigenvalue weighted by Gasteiger charge is 2.48. The molecule has 0 saturated heterocycles. The van der Waals surface area contributed by atoms with Crippen molar-refractivity contribution in [3.05, 3.63) is 95.1 Å². The lowest BCUT2D eigenvalue weighted by atomic mass is 9.86. The van der Waals surface area contributed by atoms with Gasteiger partial charge in [0.15, 0.2) is 6.10 Å². The molecule has 0 spiro atoms. The fourth-order valence-corrected chi connectivity index (χ4v) is 5.64. The molecule has 5 rings (SSSR count). The van der Waals surface area contributed by atoms with Gasteiger partial charge in [-0.15, -0.1) is 0 Å². The van der Waals surface area contributed by atoms with Crippen molar-refractivity contribution in [2.45, 2.75) is 83.6 Å². The van der Waals surface area contributed by atoms with Crippen LogP contribution in [0.15, 0.2) is 72.8 Å². The lowest BCUT2D eigenvalue weighted by Gasteiger charge is -2.44. The van der Waals surface area contributed by atoms with Gasteiger partial charge in [0.05, 0.1) is 12.5 Å². The summed E-state index contributed by atoms with van der Waals surface area (Å²) in [4.78, 5) is 13.3. The number of rotatable bonds is 9. The summed E-state index contributed by atoms with van der Waals surface area (Å²) in [7, 11) is 0. The third-order valence-corrected chi connectivity index (χ3v) is 7.98. The second kappa shape index (κ2) is 12.3. The number of hydrogen-bond donors (Lipinski definition) is 1. The minimum atomic E-state index is -0.731. The van der Waals surface area contributed by atoms with Gasteiger partial charge in [-0.3, -0.25) is 4.79 Å². The van der Waals surface area contributed by atoms with Crippen LogP contribution in [0.4, 0.5) is 5.69 Å². The molecule has 1 saturated carbocycles. The monoisotopic (exact) mass is 527 g/mol. The predicted molar refractivity (Wildman–Crippen MR) is 155 cm³/mol. The zero-order chi connectivity index (χ0) is 27.2. The standard InChI is InChI=1S/C34H41NO4/c1-24-14-16-26(17-15-24)23-35-28-18-19-30-29(22-28)31(37-21-20-25-10-6-4-7-11-25)32(34(2,3)39-30)38-33(36)27-12-8-5-9-13-27/h4,6-7,10-11,14-19,22,27,31-32,35H,5,8-9,12-13,20-21,23H2,1-3H3. The van der Waals surface area contributed by atoms with E-state index in [-0.39, 0.29) is 11.9 Å². The third kappa shape index (κ3) is 6.83. The molecule has 2 aliphatic rings. The molecule has 1 heterocycles. The Balaban J connectivity index is 1.38. The molecule has 2 unspecified atom stereocenters. The van der Waals surface area contributed by atoms with Crippen molar-refractivity contribution in [2.24, 2.45) is 5.92 Å². The highest BCUT2D eigenvalue weighted by molar-refractivity contribution is 5.73. The quantitative estimate of drug-likeness (QED) is 0.291. The molecule has 0 bridgehead atoms. The summed E-state index contributed by atoms with van der Waals surface area (Å²) in [5, 5.41) is 3.54. The minimum Gasteiger partial charge on any atom is -0.483 e. The van der Waals surface area contributed by atoms with Crippen LogP contribution in [0.1, 0.15) is 74.3 Å². The van der Waals surface area contributed by atoms with Gasteiger partial charge in [-0.25, -0.2) is 0 Å². The normalized spacial score (nSPS) is 20.5. The molecule has 206 valence electrons. The van der Waals surface area contributed by atoms with Crippen LogP contribution >= 0.6 is 0 Å². The Morgan fingerprint density at radius 1 is 0.949 bits per heavy atom. The van der Waals surface area contributed by atoms with Crippen LogP contribution < -0.4 is 10.1 Å². The fraction of sp³-hybridized carbons (Fsp3) is 0.441. The number of hydrogen-bond acceptors (Lipinski definition) is 5. The van der Waals surface area contributed by atoms with Gasteiger partial charge in [-0.1, -0.05) is 79.4 Å². The number of fused-ring (bicyclic) bond motifs is 1. The second-order valence-electron chi connectivity index (χ2n) is 11.5. The molecular formula is C34H41NO4. The zero-order valence-corrected chi connectivity index (χ0v) is 23.5. The number of carbonyl (C=O) groups is 1. The summed E-state index contributed by atoms with van der Waals surface area (Å²) >= 11 is 0. The van der Waals surface area contributed by atoms with Gasteiger partial charge in [-0.2, -0.15) is 0 Å². The van der Waals surface area contributed by atoms with E-state index in [2.05, 4.69) is 54.7 Å². The molecule has 5 nitrogen and oxygen atoms in total. The van der Waals surface area contributed by atoms with Crippen molar-refractivity contribution in [3.63, 3.8) is 0 Å². The number of ether oxygens (including phenoxy) is 3. The number of benzene rings is 3. The van der Waals surface area contributed by atoms with E-state index in [1.165, 1.54) is 23.1 Å². The molecule has 3 aromatic rings. The Bertz CT molecular complexity index is 1230. The first kappa shape index (κ1) is 27.3. The molecule has 1 fully saturated rings. The number of anilines is 1. The molecular weight excluding hydrogens is 486 g/mol. The van der Waals surface area contributed by atoms with E-state index in [1.807, 2.05) is 44.2 Å². The van der Waals surface area contributed by atoms with E-state index < -0.39 is 17.8 Å². The Morgan fingerprint density at radius 2 is 1.69 bits per heavy atom. The summed E-state index contributed by atoms with van der Waals surface area (Å²) in [6.07, 6.45) is 4.96. The molecule has 1 aliphatic heterocycles. The lowest BCUT2D eigenvalue weighted by Crippen LogP contribution is -2.52. The summed E-state index contributed by atoms with van der Waals surface area (Å²) in [6, 6.07) is 25.0. The van der Waals surface area contributed by atoms with Gasteiger partial charge in [-0.05, 0) is 69.4 Å². The topological polar surface area (TPSA) is 56.8 Å². The first-order valence-corrected chi connectivity index (χ1v) is 14.4. The number of aryl methyl sites for hydroxylation is 1. The van der Waals surface area contributed by atoms with Crippen molar-refractivity contribution in [3.8, 4) is 5.75 Å². The molecule has 3 aromatic carbocycles. The molecule has 0 radical (unpaired) electrons. The highest BCUT2D eigenvalue weighted by atomic mass is 16.6. The van der Waals surface area contributed by atoms with Crippen LogP contribution in [-0.4, -0.2) is 24.3 Å². The Hall–Kier alpha value is -3.31. The average Bonchev–Trinajstić information content (AvgIpc) is 2.95. The summed E-state index contributed by atoms with van der Waals surface area (Å²) in [5.41, 5.74) is 4.84. The largest absolute Gasteiger partial charge is 0.483 e. The lowest BCUT2D eigenvalue weighted by molar-refractivity contribution is -0.189. The highest BCUT2D eigenvalue weighted by Crippen LogP contribution is 2.45. The van der Waals surface area contributed by atoms with Crippen molar-refractivity contribution in [2.75, 3.05) is 11.9 Å². The van der Waals surface area contributed by atoms with E-state index in [0.717, 1.165) is 49.1 Å². The van der Waals surface area contributed by atoms with Crippen molar-refractivity contribution >= 4 is 11.7 Å². The maximum Gasteiger partial charge on any atom is 0.309 e. The van der Waals surface area contributed by atoms with Crippen LogP contribution in [0, 0.1) is 12.8 Å². The fourth-order valence-electron chi connectivity index (χ4n) is 5.64. The molecule has 0 aromatic heterocycles. The van der Waals surface area contributed by atoms with Gasteiger partial charge in [0, 0.05) is 17.8 Å². The summed E-state index contributed by atoms with van der Waals surface area (Å²) < 4.78 is 19.3. The SMILES string of the molecule is Cc1ccc(CNc2ccc3c(c2)C(OCCc2ccccc2)C(OC(=O)C2CCCCC2)C(C)(C)O3)cc1. The van der Waals surface area contributed by atoms with E-state index in [9.17, 15) is 4.79 Å². The summed E-state index contributed by atoms with van der Waals surface area (Å²) in [6.45, 7) is 7.31. The summed E-state index contributed by atoms with van der Waals surface area (Å²) in [5.74, 6) is 0.615. The van der Waals surface area contributed by atoms with Crippen LogP contribution in [0.5, 0.6) is 5.75 Å². The average molecular weight is 528 g/mol. The van der Waals surface area contributed by atoms with Crippen molar-refractivity contribution in [1.29, 1.82) is 0 Å². The first-order valence-electron chi connectivity index (χ1n) is 14.4. The van der Waals surface area contributed by atoms with E-state index in [1.54, 1.807) is 0 Å². The van der Waals surface area contributed by atoms with E-state index in [0.29, 0.717) is 13.2 Å².